The van der Waals surface area contributed by atoms with Gasteiger partial charge in [0, 0.05) is 22.8 Å². The lowest BCUT2D eigenvalue weighted by Gasteiger charge is -2.39. The maximum Gasteiger partial charge on any atom is 0.238 e. The Bertz CT molecular complexity index is 800. The molecule has 0 bridgehead atoms. The molecule has 1 aromatic rings. The largest absolute Gasteiger partial charge is 0.325 e. The van der Waals surface area contributed by atoms with E-state index in [0.29, 0.717) is 18.1 Å². The lowest BCUT2D eigenvalue weighted by molar-refractivity contribution is -0.117. The minimum Gasteiger partial charge on any atom is -0.325 e. The summed E-state index contributed by atoms with van der Waals surface area (Å²) in [5.41, 5.74) is 0.413. The highest BCUT2D eigenvalue weighted by Crippen LogP contribution is 2.48. The molecule has 2 saturated heterocycles. The molecular weight excluding hydrogens is 386 g/mol. The van der Waals surface area contributed by atoms with Crippen LogP contribution in [0, 0.1) is 5.41 Å². The van der Waals surface area contributed by atoms with Crippen molar-refractivity contribution in [3.8, 4) is 0 Å². The maximum atomic E-state index is 12.3. The fraction of sp³-hybridized carbons (Fsp3) is 0.632. The van der Waals surface area contributed by atoms with Crippen molar-refractivity contribution in [1.29, 1.82) is 0 Å². The van der Waals surface area contributed by atoms with Gasteiger partial charge in [0.2, 0.25) is 15.9 Å². The Labute approximate surface area is 166 Å². The number of piperidine rings is 1. The van der Waals surface area contributed by atoms with Crippen LogP contribution < -0.4 is 5.32 Å². The van der Waals surface area contributed by atoms with Crippen LogP contribution in [-0.2, 0) is 14.8 Å². The summed E-state index contributed by atoms with van der Waals surface area (Å²) in [6.45, 7) is 6.56. The molecule has 0 unspecified atom stereocenters. The number of hydrogen-bond donors (Lipinski definition) is 1. The van der Waals surface area contributed by atoms with Gasteiger partial charge in [-0.05, 0) is 75.9 Å². The van der Waals surface area contributed by atoms with Gasteiger partial charge in [-0.3, -0.25) is 9.69 Å². The van der Waals surface area contributed by atoms with Gasteiger partial charge in [-0.1, -0.05) is 11.6 Å². The smallest absolute Gasteiger partial charge is 0.238 e. The van der Waals surface area contributed by atoms with E-state index in [-0.39, 0.29) is 16.9 Å². The second-order valence-corrected chi connectivity index (χ2v) is 10.9. The predicted octanol–water partition coefficient (Wildman–Crippen LogP) is 2.80. The average molecular weight is 414 g/mol. The molecule has 1 spiro atoms. The highest BCUT2D eigenvalue weighted by Gasteiger charge is 2.52. The van der Waals surface area contributed by atoms with Crippen LogP contribution in [0.25, 0.3) is 0 Å². The van der Waals surface area contributed by atoms with Crippen molar-refractivity contribution in [2.75, 3.05) is 37.8 Å². The fourth-order valence-electron chi connectivity index (χ4n) is 4.60. The Morgan fingerprint density at radius 2 is 1.78 bits per heavy atom. The van der Waals surface area contributed by atoms with Crippen LogP contribution in [0.5, 0.6) is 0 Å². The fourth-order valence-corrected chi connectivity index (χ4v) is 6.20. The molecule has 3 rings (SSSR count). The van der Waals surface area contributed by atoms with Crippen LogP contribution >= 0.6 is 11.6 Å². The molecule has 0 saturated carbocycles. The topological polar surface area (TPSA) is 69.7 Å². The molecule has 0 radical (unpaired) electrons. The van der Waals surface area contributed by atoms with Crippen LogP contribution in [0.4, 0.5) is 5.69 Å². The number of carbonyl (C=O) groups is 1. The van der Waals surface area contributed by atoms with Gasteiger partial charge in [-0.25, -0.2) is 8.42 Å². The summed E-state index contributed by atoms with van der Waals surface area (Å²) in [4.78, 5) is 14.4. The van der Waals surface area contributed by atoms with E-state index in [0.717, 1.165) is 38.0 Å². The third kappa shape index (κ3) is 4.83. The molecule has 0 atom stereocenters. The number of sulfonamides is 1. The van der Waals surface area contributed by atoms with Gasteiger partial charge in [-0.2, -0.15) is 4.31 Å². The van der Waals surface area contributed by atoms with E-state index in [9.17, 15) is 13.2 Å². The van der Waals surface area contributed by atoms with Crippen LogP contribution in [0.2, 0.25) is 5.02 Å². The molecule has 1 aromatic carbocycles. The highest BCUT2D eigenvalue weighted by atomic mass is 35.5. The van der Waals surface area contributed by atoms with Gasteiger partial charge in [0.15, 0.2) is 0 Å². The van der Waals surface area contributed by atoms with E-state index in [1.165, 1.54) is 6.26 Å². The summed E-state index contributed by atoms with van der Waals surface area (Å²) in [5, 5.41) is 3.53. The Kier molecular flexibility index (Phi) is 5.60. The van der Waals surface area contributed by atoms with Gasteiger partial charge in [0.05, 0.1) is 12.8 Å². The number of benzene rings is 1. The molecular formula is C19H28ClN3O3S. The SMILES string of the molecule is CC1(C)CC2(CCN(CC(=O)Nc3ccc(Cl)cc3)CC2)CN1S(C)(=O)=O. The van der Waals surface area contributed by atoms with Crippen molar-refractivity contribution < 1.29 is 13.2 Å². The van der Waals surface area contributed by atoms with Crippen molar-refractivity contribution >= 4 is 33.2 Å². The van der Waals surface area contributed by atoms with Crippen molar-refractivity contribution in [2.24, 2.45) is 5.41 Å². The van der Waals surface area contributed by atoms with E-state index in [1.807, 2.05) is 13.8 Å². The number of nitrogens with one attached hydrogen (secondary N) is 1. The zero-order chi connectivity index (χ0) is 19.9. The summed E-state index contributed by atoms with van der Waals surface area (Å²) >= 11 is 5.86. The minimum absolute atomic E-state index is 0.0235. The summed E-state index contributed by atoms with van der Waals surface area (Å²) in [5.74, 6) is -0.0437. The lowest BCUT2D eigenvalue weighted by atomic mass is 9.74. The molecule has 1 amide bonds. The normalized spacial score (nSPS) is 22.8. The molecule has 2 aliphatic rings. The Balaban J connectivity index is 1.54. The van der Waals surface area contributed by atoms with Gasteiger partial charge in [-0.15, -0.1) is 0 Å². The maximum absolute atomic E-state index is 12.3. The summed E-state index contributed by atoms with van der Waals surface area (Å²) in [6, 6.07) is 7.06. The Hall–Kier alpha value is -1.15. The molecule has 0 aromatic heterocycles. The summed E-state index contributed by atoms with van der Waals surface area (Å²) in [6.07, 6.45) is 4.00. The minimum atomic E-state index is -3.21. The van der Waals surface area contributed by atoms with Gasteiger partial charge in [0.25, 0.3) is 0 Å². The zero-order valence-electron chi connectivity index (χ0n) is 16.2. The first-order chi connectivity index (χ1) is 12.5. The Morgan fingerprint density at radius 1 is 1.19 bits per heavy atom. The average Bonchev–Trinajstić information content (AvgIpc) is 2.83. The third-order valence-corrected chi connectivity index (χ3v) is 7.45. The van der Waals surface area contributed by atoms with Crippen molar-refractivity contribution in [2.45, 2.75) is 38.6 Å². The Morgan fingerprint density at radius 3 is 2.30 bits per heavy atom. The van der Waals surface area contributed by atoms with Crippen LogP contribution in [0.1, 0.15) is 33.1 Å². The van der Waals surface area contributed by atoms with Gasteiger partial charge < -0.3 is 5.32 Å². The number of nitrogens with zero attached hydrogens (tertiary/aromatic N) is 2. The van der Waals surface area contributed by atoms with Crippen LogP contribution in [0.15, 0.2) is 24.3 Å². The standard InChI is InChI=1S/C19H28ClN3O3S/c1-18(2)13-19(14-23(18)27(3,25)26)8-10-22(11-9-19)12-17(24)21-16-6-4-15(20)5-7-16/h4-7H,8-14H2,1-3H3,(H,21,24). The zero-order valence-corrected chi connectivity index (χ0v) is 17.7. The quantitative estimate of drug-likeness (QED) is 0.823. The van der Waals surface area contributed by atoms with E-state index in [4.69, 9.17) is 11.6 Å². The first-order valence-electron chi connectivity index (χ1n) is 9.25. The number of amides is 1. The molecule has 8 heteroatoms. The van der Waals surface area contributed by atoms with Crippen LogP contribution in [-0.4, -0.2) is 61.5 Å². The molecule has 0 aliphatic carbocycles. The molecule has 2 fully saturated rings. The van der Waals surface area contributed by atoms with Crippen molar-refractivity contribution in [3.05, 3.63) is 29.3 Å². The second-order valence-electron chi connectivity index (χ2n) is 8.59. The van der Waals surface area contributed by atoms with Gasteiger partial charge >= 0.3 is 0 Å². The highest BCUT2D eigenvalue weighted by molar-refractivity contribution is 7.88. The molecule has 27 heavy (non-hydrogen) atoms. The molecule has 1 N–H and O–H groups in total. The first kappa shape index (κ1) is 20.6. The monoisotopic (exact) mass is 413 g/mol. The molecule has 2 aliphatic heterocycles. The summed E-state index contributed by atoms with van der Waals surface area (Å²) in [7, 11) is -3.21. The van der Waals surface area contributed by atoms with Crippen molar-refractivity contribution in [3.63, 3.8) is 0 Å². The van der Waals surface area contributed by atoms with Gasteiger partial charge in [0.1, 0.15) is 0 Å². The second kappa shape index (κ2) is 7.35. The number of rotatable bonds is 4. The molecule has 150 valence electrons. The first-order valence-corrected chi connectivity index (χ1v) is 11.5. The molecule has 2 heterocycles. The van der Waals surface area contributed by atoms with E-state index < -0.39 is 10.0 Å². The van der Waals surface area contributed by atoms with E-state index >= 15 is 0 Å². The predicted molar refractivity (Wildman–Crippen MR) is 108 cm³/mol. The lowest BCUT2D eigenvalue weighted by Crippen LogP contribution is -2.45. The third-order valence-electron chi connectivity index (χ3n) is 5.77. The number of carbonyl (C=O) groups excluding carboxylic acids is 1. The van der Waals surface area contributed by atoms with Crippen molar-refractivity contribution in [1.82, 2.24) is 9.21 Å². The van der Waals surface area contributed by atoms with Crippen LogP contribution in [0.3, 0.4) is 0 Å². The number of hydrogen-bond acceptors (Lipinski definition) is 4. The summed E-state index contributed by atoms with van der Waals surface area (Å²) < 4.78 is 25.9. The number of anilines is 1. The number of likely N-dealkylation sites (tertiary alicyclic amines) is 1. The van der Waals surface area contributed by atoms with E-state index in [1.54, 1.807) is 28.6 Å². The molecule has 6 nitrogen and oxygen atoms in total. The number of halogens is 1. The van der Waals surface area contributed by atoms with E-state index in [2.05, 4.69) is 10.2 Å².